The molecule has 0 spiro atoms. The smallest absolute Gasteiger partial charge is 0.0617 e. The van der Waals surface area contributed by atoms with Gasteiger partial charge in [-0.05, 0) is 54.0 Å². The van der Waals surface area contributed by atoms with Gasteiger partial charge in [-0.1, -0.05) is 53.5 Å². The van der Waals surface area contributed by atoms with Gasteiger partial charge in [-0.3, -0.25) is 0 Å². The number of rotatable bonds is 2. The average molecular weight is 326 g/mol. The van der Waals surface area contributed by atoms with Gasteiger partial charge < -0.3 is 0 Å². The van der Waals surface area contributed by atoms with Crippen LogP contribution in [0, 0.1) is 5.92 Å². The molecule has 0 nitrogen and oxygen atoms in total. The Hall–Kier alpha value is -0.690. The Morgan fingerprint density at radius 1 is 0.950 bits per heavy atom. The third-order valence-corrected chi connectivity index (χ3v) is 5.41. The molecule has 3 rings (SSSR count). The van der Waals surface area contributed by atoms with Gasteiger partial charge in [0, 0.05) is 0 Å². The van der Waals surface area contributed by atoms with Crippen LogP contribution in [0.15, 0.2) is 42.5 Å². The molecule has 0 heterocycles. The molecule has 2 atom stereocenters. The Balaban J connectivity index is 1.82. The SMILES string of the molecule is Clc1ccc(C(Cl)C2CCc3ccccc3C2)cc1Cl. The van der Waals surface area contributed by atoms with E-state index < -0.39 is 0 Å². The summed E-state index contributed by atoms with van der Waals surface area (Å²) in [6, 6.07) is 14.3. The van der Waals surface area contributed by atoms with E-state index in [1.807, 2.05) is 18.2 Å². The molecule has 0 amide bonds. The molecule has 0 aromatic heterocycles. The number of fused-ring (bicyclic) bond motifs is 1. The van der Waals surface area contributed by atoms with Crippen molar-refractivity contribution in [3.63, 3.8) is 0 Å². The Morgan fingerprint density at radius 3 is 2.45 bits per heavy atom. The predicted octanol–water partition coefficient (Wildman–Crippen LogP) is 6.08. The second-order valence-electron chi connectivity index (χ2n) is 5.35. The highest BCUT2D eigenvalue weighted by molar-refractivity contribution is 6.42. The number of hydrogen-bond acceptors (Lipinski definition) is 0. The van der Waals surface area contributed by atoms with Gasteiger partial charge in [-0.15, -0.1) is 11.6 Å². The molecule has 0 saturated carbocycles. The minimum atomic E-state index is -0.0156. The number of aryl methyl sites for hydroxylation is 1. The van der Waals surface area contributed by atoms with Gasteiger partial charge in [0.2, 0.25) is 0 Å². The summed E-state index contributed by atoms with van der Waals surface area (Å²) >= 11 is 18.7. The maximum absolute atomic E-state index is 6.67. The lowest BCUT2D eigenvalue weighted by Gasteiger charge is -2.28. The van der Waals surface area contributed by atoms with Crippen molar-refractivity contribution in [1.29, 1.82) is 0 Å². The minimum Gasteiger partial charge on any atom is -0.118 e. The molecule has 104 valence electrons. The first-order valence-electron chi connectivity index (χ1n) is 6.81. The highest BCUT2D eigenvalue weighted by atomic mass is 35.5. The summed E-state index contributed by atoms with van der Waals surface area (Å²) < 4.78 is 0. The summed E-state index contributed by atoms with van der Waals surface area (Å²) in [6.07, 6.45) is 3.25. The van der Waals surface area contributed by atoms with Crippen LogP contribution in [-0.2, 0) is 12.8 Å². The molecule has 1 aliphatic carbocycles. The highest BCUT2D eigenvalue weighted by Crippen LogP contribution is 2.39. The van der Waals surface area contributed by atoms with Gasteiger partial charge in [-0.25, -0.2) is 0 Å². The summed E-state index contributed by atoms with van der Waals surface area (Å²) in [7, 11) is 0. The van der Waals surface area contributed by atoms with Crippen molar-refractivity contribution in [2.45, 2.75) is 24.6 Å². The largest absolute Gasteiger partial charge is 0.118 e. The zero-order valence-corrected chi connectivity index (χ0v) is 13.2. The zero-order chi connectivity index (χ0) is 14.1. The molecular weight excluding hydrogens is 311 g/mol. The van der Waals surface area contributed by atoms with Crippen molar-refractivity contribution in [2.24, 2.45) is 5.92 Å². The van der Waals surface area contributed by atoms with E-state index in [2.05, 4.69) is 24.3 Å². The summed E-state index contributed by atoms with van der Waals surface area (Å²) in [5.41, 5.74) is 3.95. The first-order chi connectivity index (χ1) is 9.65. The zero-order valence-electron chi connectivity index (χ0n) is 11.0. The topological polar surface area (TPSA) is 0 Å². The molecule has 0 radical (unpaired) electrons. The molecular formula is C17H15Cl3. The first-order valence-corrected chi connectivity index (χ1v) is 8.00. The molecule has 0 N–H and O–H groups in total. The molecule has 20 heavy (non-hydrogen) atoms. The summed E-state index contributed by atoms with van der Waals surface area (Å²) in [5, 5.41) is 1.14. The normalized spacial score (nSPS) is 19.4. The molecule has 2 unspecified atom stereocenters. The Kier molecular flexibility index (Phi) is 4.26. The maximum atomic E-state index is 6.67. The first kappa shape index (κ1) is 14.3. The van der Waals surface area contributed by atoms with Crippen molar-refractivity contribution in [3.8, 4) is 0 Å². The summed E-state index contributed by atoms with van der Waals surface area (Å²) in [4.78, 5) is 0. The van der Waals surface area contributed by atoms with Crippen LogP contribution in [0.3, 0.4) is 0 Å². The van der Waals surface area contributed by atoms with Crippen molar-refractivity contribution in [3.05, 3.63) is 69.2 Å². The lowest BCUT2D eigenvalue weighted by molar-refractivity contribution is 0.443. The molecule has 3 heteroatoms. The quantitative estimate of drug-likeness (QED) is 0.587. The van der Waals surface area contributed by atoms with Crippen LogP contribution in [-0.4, -0.2) is 0 Å². The van der Waals surface area contributed by atoms with Gasteiger partial charge in [0.1, 0.15) is 0 Å². The van der Waals surface area contributed by atoms with Crippen LogP contribution in [0.2, 0.25) is 10.0 Å². The lowest BCUT2D eigenvalue weighted by Crippen LogP contribution is -2.18. The molecule has 1 aliphatic rings. The van der Waals surface area contributed by atoms with Gasteiger partial charge in [0.25, 0.3) is 0 Å². The monoisotopic (exact) mass is 324 g/mol. The van der Waals surface area contributed by atoms with Crippen molar-refractivity contribution in [1.82, 2.24) is 0 Å². The Morgan fingerprint density at radius 2 is 1.70 bits per heavy atom. The molecule has 2 aromatic rings. The van der Waals surface area contributed by atoms with Crippen LogP contribution >= 0.6 is 34.8 Å². The van der Waals surface area contributed by atoms with E-state index in [0.717, 1.165) is 24.8 Å². The van der Waals surface area contributed by atoms with Crippen LogP contribution in [0.1, 0.15) is 28.5 Å². The molecule has 0 saturated heterocycles. The standard InChI is InChI=1S/C17H15Cl3/c18-15-8-7-14(10-16(15)19)17(20)13-6-5-11-3-1-2-4-12(11)9-13/h1-4,7-8,10,13,17H,5-6,9H2. The molecule has 0 bridgehead atoms. The fourth-order valence-corrected chi connectivity index (χ4v) is 3.59. The third-order valence-electron chi connectivity index (χ3n) is 4.06. The van der Waals surface area contributed by atoms with Gasteiger partial charge >= 0.3 is 0 Å². The number of benzene rings is 2. The van der Waals surface area contributed by atoms with Gasteiger partial charge in [0.15, 0.2) is 0 Å². The van der Waals surface area contributed by atoms with Crippen molar-refractivity contribution in [2.75, 3.05) is 0 Å². The number of alkyl halides is 1. The molecule has 0 aliphatic heterocycles. The van der Waals surface area contributed by atoms with E-state index in [9.17, 15) is 0 Å². The van der Waals surface area contributed by atoms with Gasteiger partial charge in [-0.2, -0.15) is 0 Å². The summed E-state index contributed by atoms with van der Waals surface area (Å²) in [5.74, 6) is 0.448. The predicted molar refractivity (Wildman–Crippen MR) is 87.0 cm³/mol. The molecule has 2 aromatic carbocycles. The Bertz CT molecular complexity index is 621. The lowest BCUT2D eigenvalue weighted by atomic mass is 9.80. The van der Waals surface area contributed by atoms with Crippen LogP contribution in [0.4, 0.5) is 0 Å². The average Bonchev–Trinajstić information content (AvgIpc) is 2.49. The van der Waals surface area contributed by atoms with Gasteiger partial charge in [0.05, 0.1) is 15.4 Å². The van der Waals surface area contributed by atoms with E-state index in [1.165, 1.54) is 11.1 Å². The number of halogens is 3. The van der Waals surface area contributed by atoms with Crippen LogP contribution < -0.4 is 0 Å². The van der Waals surface area contributed by atoms with E-state index in [-0.39, 0.29) is 5.38 Å². The van der Waals surface area contributed by atoms with Crippen molar-refractivity contribution >= 4 is 34.8 Å². The second-order valence-corrected chi connectivity index (χ2v) is 6.63. The maximum Gasteiger partial charge on any atom is 0.0617 e. The van der Waals surface area contributed by atoms with Crippen LogP contribution in [0.25, 0.3) is 0 Å². The second kappa shape index (κ2) is 5.97. The minimum absolute atomic E-state index is 0.0156. The summed E-state index contributed by atoms with van der Waals surface area (Å²) in [6.45, 7) is 0. The fourth-order valence-electron chi connectivity index (χ4n) is 2.93. The fraction of sp³-hybridized carbons (Fsp3) is 0.294. The highest BCUT2D eigenvalue weighted by Gasteiger charge is 2.26. The van der Waals surface area contributed by atoms with E-state index in [1.54, 1.807) is 0 Å². The molecule has 0 fully saturated rings. The van der Waals surface area contributed by atoms with Crippen LogP contribution in [0.5, 0.6) is 0 Å². The van der Waals surface area contributed by atoms with E-state index >= 15 is 0 Å². The Labute approximate surface area is 134 Å². The van der Waals surface area contributed by atoms with E-state index in [0.29, 0.717) is 16.0 Å². The van der Waals surface area contributed by atoms with E-state index in [4.69, 9.17) is 34.8 Å². The third kappa shape index (κ3) is 2.83. The number of hydrogen-bond donors (Lipinski definition) is 0. The van der Waals surface area contributed by atoms with Crippen molar-refractivity contribution < 1.29 is 0 Å².